The minimum atomic E-state index is -0.844. The zero-order valence-electron chi connectivity index (χ0n) is 22.2. The third-order valence-electron chi connectivity index (χ3n) is 7.05. The second kappa shape index (κ2) is 11.7. The van der Waals surface area contributed by atoms with Crippen molar-refractivity contribution in [2.45, 2.75) is 19.4 Å². The van der Waals surface area contributed by atoms with Gasteiger partial charge in [0.1, 0.15) is 28.8 Å². The number of rotatable bonds is 7. The molecule has 0 aliphatic carbocycles. The summed E-state index contributed by atoms with van der Waals surface area (Å²) in [6.45, 7) is 4.67. The molecule has 208 valence electrons. The number of esters is 1. The van der Waals surface area contributed by atoms with E-state index in [0.29, 0.717) is 38.3 Å². The molecule has 0 saturated carbocycles. The first kappa shape index (κ1) is 27.0. The maximum absolute atomic E-state index is 15.4. The van der Waals surface area contributed by atoms with Gasteiger partial charge in [-0.3, -0.25) is 4.79 Å². The van der Waals surface area contributed by atoms with Gasteiger partial charge in [-0.1, -0.05) is 18.2 Å². The molecule has 3 aromatic carbocycles. The van der Waals surface area contributed by atoms with Crippen LogP contribution >= 0.6 is 0 Å². The summed E-state index contributed by atoms with van der Waals surface area (Å²) in [7, 11) is 1.26. The molecule has 0 N–H and O–H groups in total. The number of para-hydroxylation sites is 1. The number of halogens is 2. The van der Waals surface area contributed by atoms with E-state index in [1.165, 1.54) is 31.4 Å². The topological polar surface area (TPSA) is 87.0 Å². The molecule has 0 bridgehead atoms. The van der Waals surface area contributed by atoms with E-state index in [2.05, 4.69) is 15.1 Å². The summed E-state index contributed by atoms with van der Waals surface area (Å²) in [6.07, 6.45) is -0.200. The average molecular weight is 550 g/mol. The van der Waals surface area contributed by atoms with Gasteiger partial charge in [0.15, 0.2) is 0 Å². The molecule has 1 atom stereocenters. The molecular formula is C29H29F2N5O4. The molecule has 1 saturated heterocycles. The Labute approximate surface area is 230 Å². The van der Waals surface area contributed by atoms with Crippen LogP contribution in [0.3, 0.4) is 0 Å². The number of hydrogen-bond acceptors (Lipinski definition) is 9. The molecule has 2 aliphatic rings. The summed E-state index contributed by atoms with van der Waals surface area (Å²) in [6, 6.07) is 15.2. The molecule has 0 spiro atoms. The van der Waals surface area contributed by atoms with Crippen molar-refractivity contribution in [1.29, 1.82) is 0 Å². The number of benzene rings is 3. The van der Waals surface area contributed by atoms with Crippen molar-refractivity contribution in [2.75, 3.05) is 49.7 Å². The third kappa shape index (κ3) is 5.31. The molecule has 2 aliphatic heterocycles. The Balaban J connectivity index is 1.55. The van der Waals surface area contributed by atoms with Crippen LogP contribution in [0.4, 0.5) is 31.5 Å². The Morgan fingerprint density at radius 2 is 1.75 bits per heavy atom. The number of guanidine groups is 1. The zero-order valence-corrected chi connectivity index (χ0v) is 22.2. The van der Waals surface area contributed by atoms with Gasteiger partial charge in [0.2, 0.25) is 5.96 Å². The van der Waals surface area contributed by atoms with E-state index in [0.717, 1.165) is 17.5 Å². The van der Waals surface area contributed by atoms with Crippen LogP contribution in [-0.2, 0) is 9.53 Å². The van der Waals surface area contributed by atoms with E-state index in [1.807, 2.05) is 36.1 Å². The highest BCUT2D eigenvalue weighted by Crippen LogP contribution is 2.43. The van der Waals surface area contributed by atoms with Gasteiger partial charge in [-0.05, 0) is 48.5 Å². The van der Waals surface area contributed by atoms with E-state index in [9.17, 15) is 9.70 Å². The summed E-state index contributed by atoms with van der Waals surface area (Å²) in [5, 5.41) is 2.96. The number of aliphatic imine (C=N–C) groups is 1. The number of anilines is 2. The van der Waals surface area contributed by atoms with Gasteiger partial charge in [-0.2, -0.15) is 0 Å². The van der Waals surface area contributed by atoms with E-state index >= 15 is 8.78 Å². The fourth-order valence-electron chi connectivity index (χ4n) is 5.14. The quantitative estimate of drug-likeness (QED) is 0.276. The molecule has 5 rings (SSSR count). The second-order valence-corrected chi connectivity index (χ2v) is 9.39. The molecule has 1 unspecified atom stereocenters. The Hall–Kier alpha value is -4.54. The van der Waals surface area contributed by atoms with Crippen molar-refractivity contribution in [3.05, 3.63) is 82.8 Å². The van der Waals surface area contributed by atoms with Gasteiger partial charge in [-0.15, -0.1) is 4.91 Å². The van der Waals surface area contributed by atoms with Crippen molar-refractivity contribution >= 4 is 34.7 Å². The van der Waals surface area contributed by atoms with Crippen LogP contribution in [0.5, 0.6) is 5.75 Å². The van der Waals surface area contributed by atoms with Crippen LogP contribution in [-0.4, -0.2) is 56.7 Å². The summed E-state index contributed by atoms with van der Waals surface area (Å²) in [4.78, 5) is 34.2. The van der Waals surface area contributed by atoms with Crippen molar-refractivity contribution in [2.24, 2.45) is 10.2 Å². The highest BCUT2D eigenvalue weighted by Gasteiger charge is 2.39. The fraction of sp³-hybridized carbons (Fsp3) is 0.310. The maximum atomic E-state index is 15.4. The summed E-state index contributed by atoms with van der Waals surface area (Å²) < 4.78 is 41.1. The fourth-order valence-corrected chi connectivity index (χ4v) is 5.14. The van der Waals surface area contributed by atoms with Crippen LogP contribution in [0.1, 0.15) is 24.9 Å². The van der Waals surface area contributed by atoms with Gasteiger partial charge >= 0.3 is 5.97 Å². The van der Waals surface area contributed by atoms with E-state index in [-0.39, 0.29) is 29.4 Å². The van der Waals surface area contributed by atoms with Gasteiger partial charge in [-0.25, -0.2) is 13.8 Å². The smallest absolute Gasteiger partial charge is 0.307 e. The van der Waals surface area contributed by atoms with Crippen molar-refractivity contribution < 1.29 is 23.0 Å². The predicted molar refractivity (Wildman–Crippen MR) is 149 cm³/mol. The third-order valence-corrected chi connectivity index (χ3v) is 7.05. The molecule has 9 nitrogen and oxygen atoms in total. The molecule has 40 heavy (non-hydrogen) atoms. The lowest BCUT2D eigenvalue weighted by Crippen LogP contribution is -2.55. The SMILES string of the molecule is CCOc1cccc(N2CCN(C3=Nc4c(F)cccc4C(CC(=O)OC)N3c3cc(N=O)ccc3F)CC2)c1. The lowest BCUT2D eigenvalue weighted by Gasteiger charge is -2.45. The largest absolute Gasteiger partial charge is 0.494 e. The Bertz CT molecular complexity index is 1440. The van der Waals surface area contributed by atoms with Crippen LogP contribution in [0.25, 0.3) is 0 Å². The molecule has 1 fully saturated rings. The van der Waals surface area contributed by atoms with Crippen molar-refractivity contribution in [3.8, 4) is 5.75 Å². The number of nitrogens with zero attached hydrogens (tertiary/aromatic N) is 5. The number of nitroso groups, excluding NO2 is 1. The van der Waals surface area contributed by atoms with Gasteiger partial charge < -0.3 is 24.2 Å². The standard InChI is InChI=1S/C29H29F2N5O4/c1-3-40-21-7-4-6-20(17-21)34-12-14-35(15-13-34)29-32-28-22(8-5-9-24(28)31)25(18-27(37)39-2)36(29)26-16-19(33-38)10-11-23(26)30/h4-11,16-17,25H,3,12-15,18H2,1-2H3. The minimum absolute atomic E-state index is 0.00603. The molecule has 0 aromatic heterocycles. The highest BCUT2D eigenvalue weighted by molar-refractivity contribution is 6.01. The molecule has 2 heterocycles. The average Bonchev–Trinajstić information content (AvgIpc) is 2.98. The lowest BCUT2D eigenvalue weighted by molar-refractivity contribution is -0.141. The first-order valence-electron chi connectivity index (χ1n) is 13.0. The normalized spacial score (nSPS) is 16.8. The number of carbonyl (C=O) groups is 1. The highest BCUT2D eigenvalue weighted by atomic mass is 19.1. The first-order valence-corrected chi connectivity index (χ1v) is 13.0. The first-order chi connectivity index (χ1) is 19.4. The molecule has 11 heteroatoms. The maximum Gasteiger partial charge on any atom is 0.307 e. The molecule has 0 amide bonds. The summed E-state index contributed by atoms with van der Waals surface area (Å²) in [5.41, 5.74) is 1.51. The number of hydrogen-bond donors (Lipinski definition) is 0. The van der Waals surface area contributed by atoms with Crippen LogP contribution < -0.4 is 14.5 Å². The number of piperazine rings is 1. The number of carbonyl (C=O) groups excluding carboxylic acids is 1. The number of methoxy groups -OCH3 is 1. The van der Waals surface area contributed by atoms with Crippen molar-refractivity contribution in [3.63, 3.8) is 0 Å². The Morgan fingerprint density at radius 1 is 1.00 bits per heavy atom. The van der Waals surface area contributed by atoms with Crippen LogP contribution in [0, 0.1) is 16.5 Å². The summed E-state index contributed by atoms with van der Waals surface area (Å²) >= 11 is 0. The molecule has 3 aromatic rings. The lowest BCUT2D eigenvalue weighted by atomic mass is 9.97. The minimum Gasteiger partial charge on any atom is -0.494 e. The van der Waals surface area contributed by atoms with E-state index < -0.39 is 23.6 Å². The molecular weight excluding hydrogens is 520 g/mol. The van der Waals surface area contributed by atoms with Crippen LogP contribution in [0.2, 0.25) is 0 Å². The Kier molecular flexibility index (Phi) is 7.90. The van der Waals surface area contributed by atoms with Crippen molar-refractivity contribution in [1.82, 2.24) is 4.90 Å². The van der Waals surface area contributed by atoms with E-state index in [1.54, 1.807) is 11.0 Å². The van der Waals surface area contributed by atoms with Gasteiger partial charge in [0.05, 0.1) is 31.9 Å². The number of fused-ring (bicyclic) bond motifs is 1. The molecule has 0 radical (unpaired) electrons. The van der Waals surface area contributed by atoms with Gasteiger partial charge in [0, 0.05) is 43.5 Å². The predicted octanol–water partition coefficient (Wildman–Crippen LogP) is 5.70. The second-order valence-electron chi connectivity index (χ2n) is 9.39. The number of ether oxygens (including phenoxy) is 2. The summed E-state index contributed by atoms with van der Waals surface area (Å²) in [5.74, 6) is -0.699. The Morgan fingerprint density at radius 3 is 2.48 bits per heavy atom. The van der Waals surface area contributed by atoms with Crippen LogP contribution in [0.15, 0.2) is 70.8 Å². The van der Waals surface area contributed by atoms with E-state index in [4.69, 9.17) is 9.47 Å². The zero-order chi connectivity index (χ0) is 28.2. The van der Waals surface area contributed by atoms with Gasteiger partial charge in [0.25, 0.3) is 0 Å². The monoisotopic (exact) mass is 549 g/mol.